The van der Waals surface area contributed by atoms with Crippen LogP contribution in [-0.4, -0.2) is 25.7 Å². The summed E-state index contributed by atoms with van der Waals surface area (Å²) in [6.07, 6.45) is 2.75. The minimum Gasteiger partial charge on any atom is -0.463 e. The van der Waals surface area contributed by atoms with Crippen molar-refractivity contribution in [1.82, 2.24) is 5.32 Å². The Kier molecular flexibility index (Phi) is 1.49. The van der Waals surface area contributed by atoms with Gasteiger partial charge in [0.15, 0.2) is 0 Å². The van der Waals surface area contributed by atoms with Crippen molar-refractivity contribution in [3.63, 3.8) is 0 Å². The van der Waals surface area contributed by atoms with E-state index in [-0.39, 0.29) is 0 Å². The van der Waals surface area contributed by atoms with Crippen LogP contribution in [0.1, 0.15) is 12.8 Å². The van der Waals surface area contributed by atoms with Crippen LogP contribution in [0, 0.1) is 5.92 Å². The smallest absolute Gasteiger partial charge is 0.284 e. The molecule has 1 saturated carbocycles. The van der Waals surface area contributed by atoms with Crippen molar-refractivity contribution in [2.45, 2.75) is 12.8 Å². The third-order valence-electron chi connectivity index (χ3n) is 1.82. The Hall–Kier alpha value is -0.730. The molecule has 1 aliphatic heterocycles. The van der Waals surface area contributed by atoms with E-state index < -0.39 is 0 Å². The van der Waals surface area contributed by atoms with Gasteiger partial charge in [0, 0.05) is 6.54 Å². The van der Waals surface area contributed by atoms with E-state index in [0.717, 1.165) is 31.6 Å². The molecule has 0 atom stereocenters. The first-order valence-corrected chi connectivity index (χ1v) is 3.86. The van der Waals surface area contributed by atoms with Gasteiger partial charge in [0.2, 0.25) is 0 Å². The highest BCUT2D eigenvalue weighted by molar-refractivity contribution is 5.74. The monoisotopic (exact) mass is 140 g/mol. The fourth-order valence-corrected chi connectivity index (χ4v) is 0.996. The van der Waals surface area contributed by atoms with E-state index in [4.69, 9.17) is 4.74 Å². The van der Waals surface area contributed by atoms with Crippen LogP contribution in [0.5, 0.6) is 0 Å². The lowest BCUT2D eigenvalue weighted by Gasteiger charge is -2.02. The minimum absolute atomic E-state index is 0.756. The lowest BCUT2D eigenvalue weighted by Crippen LogP contribution is -2.25. The number of hydrogen-bond acceptors (Lipinski definition) is 3. The minimum atomic E-state index is 0.756. The van der Waals surface area contributed by atoms with Crippen molar-refractivity contribution < 1.29 is 4.74 Å². The molecule has 0 bridgehead atoms. The average molecular weight is 140 g/mol. The predicted octanol–water partition coefficient (Wildman–Crippen LogP) is 0.372. The first-order chi connectivity index (χ1) is 4.95. The molecule has 1 fully saturated rings. The molecule has 3 heteroatoms. The molecular formula is C7H12N2O. The van der Waals surface area contributed by atoms with Crippen molar-refractivity contribution in [2.24, 2.45) is 10.9 Å². The van der Waals surface area contributed by atoms with Gasteiger partial charge in [-0.15, -0.1) is 0 Å². The summed E-state index contributed by atoms with van der Waals surface area (Å²) in [6.45, 7) is 2.64. The topological polar surface area (TPSA) is 33.6 Å². The highest BCUT2D eigenvalue weighted by Gasteiger charge is 2.21. The Morgan fingerprint density at radius 2 is 2.50 bits per heavy atom. The number of aliphatic imine (C=N–C) groups is 1. The number of rotatable bonds is 2. The second-order valence-corrected chi connectivity index (χ2v) is 2.86. The Morgan fingerprint density at radius 3 is 3.10 bits per heavy atom. The molecule has 0 aromatic heterocycles. The van der Waals surface area contributed by atoms with Crippen LogP contribution in [0.4, 0.5) is 0 Å². The maximum absolute atomic E-state index is 5.17. The molecule has 1 aliphatic carbocycles. The van der Waals surface area contributed by atoms with Gasteiger partial charge < -0.3 is 10.1 Å². The summed E-state index contributed by atoms with van der Waals surface area (Å²) in [7, 11) is 0. The average Bonchev–Trinajstić information content (AvgIpc) is 2.63. The number of nitrogens with one attached hydrogen (secondary N) is 1. The van der Waals surface area contributed by atoms with Gasteiger partial charge >= 0.3 is 0 Å². The molecule has 1 heterocycles. The normalized spacial score (nSPS) is 23.8. The van der Waals surface area contributed by atoms with Gasteiger partial charge in [-0.1, -0.05) is 0 Å². The van der Waals surface area contributed by atoms with Crippen LogP contribution in [0.15, 0.2) is 4.99 Å². The summed E-state index contributed by atoms with van der Waals surface area (Å²) in [4.78, 5) is 4.12. The number of ether oxygens (including phenoxy) is 1. The molecule has 0 aromatic rings. The quantitative estimate of drug-likeness (QED) is 0.601. The molecular weight excluding hydrogens is 128 g/mol. The largest absolute Gasteiger partial charge is 0.463 e. The van der Waals surface area contributed by atoms with Gasteiger partial charge in [0.05, 0.1) is 6.54 Å². The molecule has 56 valence electrons. The van der Waals surface area contributed by atoms with E-state index in [1.54, 1.807) is 0 Å². The van der Waals surface area contributed by atoms with Crippen LogP contribution in [0.3, 0.4) is 0 Å². The standard InChI is InChI=1S/C7H12N2O/c1-2-6(1)5-9-7-8-3-4-10-7/h6H,1-5H2,(H,8,9). The summed E-state index contributed by atoms with van der Waals surface area (Å²) in [6, 6.07) is 0.756. The van der Waals surface area contributed by atoms with E-state index >= 15 is 0 Å². The van der Waals surface area contributed by atoms with Crippen molar-refractivity contribution in [3.05, 3.63) is 0 Å². The number of nitrogens with zero attached hydrogens (tertiary/aromatic N) is 1. The molecule has 0 saturated heterocycles. The molecule has 2 aliphatic rings. The van der Waals surface area contributed by atoms with Crippen molar-refractivity contribution in [3.8, 4) is 0 Å². The maximum atomic E-state index is 5.17. The molecule has 0 aromatic carbocycles. The Balaban J connectivity index is 1.68. The third kappa shape index (κ3) is 1.40. The third-order valence-corrected chi connectivity index (χ3v) is 1.82. The molecule has 2 rings (SSSR count). The summed E-state index contributed by atoms with van der Waals surface area (Å²) in [5.41, 5.74) is 0. The van der Waals surface area contributed by atoms with Crippen LogP contribution in [-0.2, 0) is 4.74 Å². The second-order valence-electron chi connectivity index (χ2n) is 2.86. The molecule has 0 unspecified atom stereocenters. The molecule has 0 radical (unpaired) electrons. The van der Waals surface area contributed by atoms with Gasteiger partial charge in [-0.25, -0.2) is 4.99 Å². The number of hydrogen-bond donors (Lipinski definition) is 1. The number of amidine groups is 1. The second kappa shape index (κ2) is 2.48. The molecule has 0 spiro atoms. The zero-order chi connectivity index (χ0) is 6.81. The Labute approximate surface area is 60.5 Å². The van der Waals surface area contributed by atoms with E-state index in [1.807, 2.05) is 0 Å². The van der Waals surface area contributed by atoms with Crippen LogP contribution < -0.4 is 5.32 Å². The van der Waals surface area contributed by atoms with Gasteiger partial charge in [-0.2, -0.15) is 0 Å². The van der Waals surface area contributed by atoms with Gasteiger partial charge in [0.1, 0.15) is 6.61 Å². The predicted molar refractivity (Wildman–Crippen MR) is 39.0 cm³/mol. The van der Waals surface area contributed by atoms with E-state index in [1.165, 1.54) is 12.8 Å². The zero-order valence-electron chi connectivity index (χ0n) is 5.97. The van der Waals surface area contributed by atoms with Crippen LogP contribution in [0.25, 0.3) is 0 Å². The summed E-state index contributed by atoms with van der Waals surface area (Å²) >= 11 is 0. The summed E-state index contributed by atoms with van der Waals surface area (Å²) in [5.74, 6) is 0.895. The van der Waals surface area contributed by atoms with E-state index in [9.17, 15) is 0 Å². The van der Waals surface area contributed by atoms with Gasteiger partial charge in [0.25, 0.3) is 6.02 Å². The maximum Gasteiger partial charge on any atom is 0.284 e. The van der Waals surface area contributed by atoms with E-state index in [2.05, 4.69) is 10.3 Å². The first-order valence-electron chi connectivity index (χ1n) is 3.86. The van der Waals surface area contributed by atoms with Crippen LogP contribution >= 0.6 is 0 Å². The summed E-state index contributed by atoms with van der Waals surface area (Å²) in [5, 5.41) is 3.17. The zero-order valence-corrected chi connectivity index (χ0v) is 5.97. The molecule has 10 heavy (non-hydrogen) atoms. The fraction of sp³-hybridized carbons (Fsp3) is 0.857. The lowest BCUT2D eigenvalue weighted by molar-refractivity contribution is 0.331. The van der Waals surface area contributed by atoms with Crippen LogP contribution in [0.2, 0.25) is 0 Å². The first kappa shape index (κ1) is 6.01. The summed E-state index contributed by atoms with van der Waals surface area (Å²) < 4.78 is 5.17. The Bertz CT molecular complexity index is 152. The van der Waals surface area contributed by atoms with Gasteiger partial charge in [-0.05, 0) is 18.8 Å². The molecule has 1 N–H and O–H groups in total. The highest BCUT2D eigenvalue weighted by atomic mass is 16.5. The Morgan fingerprint density at radius 1 is 1.60 bits per heavy atom. The van der Waals surface area contributed by atoms with Crippen molar-refractivity contribution in [1.29, 1.82) is 0 Å². The van der Waals surface area contributed by atoms with Gasteiger partial charge in [-0.3, -0.25) is 0 Å². The van der Waals surface area contributed by atoms with E-state index in [0.29, 0.717) is 0 Å². The fourth-order valence-electron chi connectivity index (χ4n) is 0.996. The molecule has 3 nitrogen and oxygen atoms in total. The van der Waals surface area contributed by atoms with Crippen molar-refractivity contribution in [2.75, 3.05) is 19.7 Å². The lowest BCUT2D eigenvalue weighted by atomic mass is 10.4. The molecule has 0 amide bonds. The highest BCUT2D eigenvalue weighted by Crippen LogP contribution is 2.27. The van der Waals surface area contributed by atoms with Crippen molar-refractivity contribution >= 4 is 6.02 Å². The SMILES string of the molecule is C1COC(NCC2CC2)=N1.